The van der Waals surface area contributed by atoms with E-state index >= 15 is 0 Å². The zero-order valence-corrected chi connectivity index (χ0v) is 13.7. The monoisotopic (exact) mass is 279 g/mol. The molecule has 3 heteroatoms. The van der Waals surface area contributed by atoms with Crippen LogP contribution in [0.5, 0.6) is 11.5 Å². The van der Waals surface area contributed by atoms with E-state index in [4.69, 9.17) is 9.47 Å². The van der Waals surface area contributed by atoms with Gasteiger partial charge >= 0.3 is 0 Å². The number of hydrogen-bond acceptors (Lipinski definition) is 3. The summed E-state index contributed by atoms with van der Waals surface area (Å²) < 4.78 is 11.2. The maximum Gasteiger partial charge on any atom is 0.161 e. The van der Waals surface area contributed by atoms with Gasteiger partial charge in [0, 0.05) is 13.1 Å². The second-order valence-electron chi connectivity index (χ2n) is 6.85. The first kappa shape index (κ1) is 16.8. The van der Waals surface area contributed by atoms with Gasteiger partial charge in [-0.15, -0.1) is 0 Å². The topological polar surface area (TPSA) is 30.5 Å². The molecule has 0 aromatic heterocycles. The van der Waals surface area contributed by atoms with Crippen molar-refractivity contribution in [1.29, 1.82) is 0 Å². The molecule has 0 fully saturated rings. The van der Waals surface area contributed by atoms with Gasteiger partial charge in [0.25, 0.3) is 0 Å². The smallest absolute Gasteiger partial charge is 0.161 e. The van der Waals surface area contributed by atoms with E-state index in [0.717, 1.165) is 24.6 Å². The largest absolute Gasteiger partial charge is 0.493 e. The highest BCUT2D eigenvalue weighted by atomic mass is 16.5. The number of nitrogens with one attached hydrogen (secondary N) is 1. The van der Waals surface area contributed by atoms with Crippen molar-refractivity contribution in [2.24, 2.45) is 11.3 Å². The molecule has 0 aliphatic heterocycles. The molecule has 0 radical (unpaired) electrons. The van der Waals surface area contributed by atoms with Crippen LogP contribution < -0.4 is 14.8 Å². The Hall–Kier alpha value is -1.22. The van der Waals surface area contributed by atoms with Crippen LogP contribution in [0.4, 0.5) is 0 Å². The van der Waals surface area contributed by atoms with Crippen molar-refractivity contribution >= 4 is 0 Å². The summed E-state index contributed by atoms with van der Waals surface area (Å²) in [6.07, 6.45) is 0. The first-order valence-corrected chi connectivity index (χ1v) is 7.32. The lowest BCUT2D eigenvalue weighted by molar-refractivity contribution is 0.256. The molecule has 0 saturated carbocycles. The molecule has 20 heavy (non-hydrogen) atoms. The third-order valence-electron chi connectivity index (χ3n) is 2.78. The summed E-state index contributed by atoms with van der Waals surface area (Å²) in [7, 11) is 1.68. The molecule has 0 atom stereocenters. The standard InChI is InChI=1S/C17H29NO2/c1-13(2)11-20-15-8-7-14(9-16(15)19-6)10-18-12-17(3,4)5/h7-9,13,18H,10-12H2,1-6H3. The van der Waals surface area contributed by atoms with E-state index in [1.165, 1.54) is 5.56 Å². The second kappa shape index (κ2) is 7.53. The summed E-state index contributed by atoms with van der Waals surface area (Å²) in [5, 5.41) is 3.47. The van der Waals surface area contributed by atoms with Gasteiger partial charge in [-0.3, -0.25) is 0 Å². The Bertz CT molecular complexity index is 408. The number of hydrogen-bond donors (Lipinski definition) is 1. The zero-order valence-electron chi connectivity index (χ0n) is 13.7. The van der Waals surface area contributed by atoms with Crippen LogP contribution in [0.3, 0.4) is 0 Å². The first-order valence-electron chi connectivity index (χ1n) is 7.32. The maximum absolute atomic E-state index is 5.76. The molecule has 0 spiro atoms. The van der Waals surface area contributed by atoms with Crippen molar-refractivity contribution in [2.75, 3.05) is 20.3 Å². The molecule has 1 aromatic rings. The molecule has 0 bridgehead atoms. The molecule has 0 heterocycles. The van der Waals surface area contributed by atoms with Crippen LogP contribution in [0.25, 0.3) is 0 Å². The number of benzene rings is 1. The average molecular weight is 279 g/mol. The van der Waals surface area contributed by atoms with Gasteiger partial charge in [-0.05, 0) is 29.0 Å². The lowest BCUT2D eigenvalue weighted by Gasteiger charge is -2.19. The Balaban J connectivity index is 2.62. The molecule has 0 unspecified atom stereocenters. The highest BCUT2D eigenvalue weighted by molar-refractivity contribution is 5.42. The lowest BCUT2D eigenvalue weighted by atomic mass is 9.97. The molecule has 0 saturated heterocycles. The Morgan fingerprint density at radius 1 is 1.15 bits per heavy atom. The summed E-state index contributed by atoms with van der Waals surface area (Å²) in [6.45, 7) is 13.5. The molecule has 0 amide bonds. The van der Waals surface area contributed by atoms with Crippen LogP contribution >= 0.6 is 0 Å². The fourth-order valence-electron chi connectivity index (χ4n) is 1.78. The van der Waals surface area contributed by atoms with E-state index in [-0.39, 0.29) is 0 Å². The first-order chi connectivity index (χ1) is 9.31. The minimum atomic E-state index is 0.296. The molecule has 3 nitrogen and oxygen atoms in total. The number of ether oxygens (including phenoxy) is 2. The third kappa shape index (κ3) is 6.29. The minimum absolute atomic E-state index is 0.296. The quantitative estimate of drug-likeness (QED) is 0.822. The Morgan fingerprint density at radius 2 is 1.85 bits per heavy atom. The van der Waals surface area contributed by atoms with Gasteiger partial charge in [-0.1, -0.05) is 40.7 Å². The van der Waals surface area contributed by atoms with Crippen LogP contribution in [-0.4, -0.2) is 20.3 Å². The van der Waals surface area contributed by atoms with Crippen LogP contribution in [0.1, 0.15) is 40.2 Å². The van der Waals surface area contributed by atoms with E-state index in [0.29, 0.717) is 17.9 Å². The van der Waals surface area contributed by atoms with Gasteiger partial charge in [0.15, 0.2) is 11.5 Å². The summed E-state index contributed by atoms with van der Waals surface area (Å²) >= 11 is 0. The van der Waals surface area contributed by atoms with Crippen LogP contribution in [0.15, 0.2) is 18.2 Å². The maximum atomic E-state index is 5.76. The van der Waals surface area contributed by atoms with E-state index in [2.05, 4.69) is 46.0 Å². The second-order valence-corrected chi connectivity index (χ2v) is 6.85. The predicted octanol–water partition coefficient (Wildman–Crippen LogP) is 3.87. The molecular formula is C17H29NO2. The molecule has 1 rings (SSSR count). The zero-order chi connectivity index (χ0) is 15.2. The van der Waals surface area contributed by atoms with Crippen molar-refractivity contribution < 1.29 is 9.47 Å². The van der Waals surface area contributed by atoms with Gasteiger partial charge in [0.05, 0.1) is 13.7 Å². The van der Waals surface area contributed by atoms with E-state index in [9.17, 15) is 0 Å². The van der Waals surface area contributed by atoms with Crippen molar-refractivity contribution in [3.8, 4) is 11.5 Å². The van der Waals surface area contributed by atoms with Crippen molar-refractivity contribution in [3.63, 3.8) is 0 Å². The van der Waals surface area contributed by atoms with Gasteiger partial charge in [-0.2, -0.15) is 0 Å². The minimum Gasteiger partial charge on any atom is -0.493 e. The van der Waals surface area contributed by atoms with Crippen molar-refractivity contribution in [1.82, 2.24) is 5.32 Å². The van der Waals surface area contributed by atoms with E-state index < -0.39 is 0 Å². The SMILES string of the molecule is COc1cc(CNCC(C)(C)C)ccc1OCC(C)C. The normalized spacial score (nSPS) is 11.8. The van der Waals surface area contributed by atoms with Crippen LogP contribution in [0, 0.1) is 11.3 Å². The number of methoxy groups -OCH3 is 1. The van der Waals surface area contributed by atoms with Crippen molar-refractivity contribution in [3.05, 3.63) is 23.8 Å². The van der Waals surface area contributed by atoms with E-state index in [1.54, 1.807) is 7.11 Å². The summed E-state index contributed by atoms with van der Waals surface area (Å²) in [5.41, 5.74) is 1.51. The lowest BCUT2D eigenvalue weighted by Crippen LogP contribution is -2.26. The fourth-order valence-corrected chi connectivity index (χ4v) is 1.78. The Kier molecular flexibility index (Phi) is 6.34. The van der Waals surface area contributed by atoms with Gasteiger partial charge in [-0.25, -0.2) is 0 Å². The summed E-state index contributed by atoms with van der Waals surface area (Å²) in [4.78, 5) is 0. The summed E-state index contributed by atoms with van der Waals surface area (Å²) in [6, 6.07) is 6.13. The number of rotatable bonds is 7. The Morgan fingerprint density at radius 3 is 2.40 bits per heavy atom. The predicted molar refractivity (Wildman–Crippen MR) is 84.5 cm³/mol. The molecule has 1 aromatic carbocycles. The highest BCUT2D eigenvalue weighted by Crippen LogP contribution is 2.28. The fraction of sp³-hybridized carbons (Fsp3) is 0.647. The van der Waals surface area contributed by atoms with Gasteiger partial charge < -0.3 is 14.8 Å². The van der Waals surface area contributed by atoms with Crippen molar-refractivity contribution in [2.45, 2.75) is 41.2 Å². The molecular weight excluding hydrogens is 250 g/mol. The molecule has 1 N–H and O–H groups in total. The average Bonchev–Trinajstić information content (AvgIpc) is 2.35. The van der Waals surface area contributed by atoms with Crippen LogP contribution in [0.2, 0.25) is 0 Å². The molecule has 0 aliphatic carbocycles. The summed E-state index contributed by atoms with van der Waals surface area (Å²) in [5.74, 6) is 2.13. The highest BCUT2D eigenvalue weighted by Gasteiger charge is 2.10. The van der Waals surface area contributed by atoms with E-state index in [1.807, 2.05) is 12.1 Å². The van der Waals surface area contributed by atoms with Crippen LogP contribution in [-0.2, 0) is 6.54 Å². The van der Waals surface area contributed by atoms with Gasteiger partial charge in [0.2, 0.25) is 0 Å². The third-order valence-corrected chi connectivity index (χ3v) is 2.78. The molecule has 114 valence electrons. The Labute approximate surface area is 123 Å². The molecule has 0 aliphatic rings. The van der Waals surface area contributed by atoms with Gasteiger partial charge in [0.1, 0.15) is 0 Å².